The van der Waals surface area contributed by atoms with Gasteiger partial charge in [-0.25, -0.2) is 10.2 Å². The van der Waals surface area contributed by atoms with Gasteiger partial charge in [0.05, 0.1) is 35.7 Å². The molecule has 1 aromatic heterocycles. The van der Waals surface area contributed by atoms with Crippen molar-refractivity contribution in [2.45, 2.75) is 13.8 Å². The quantitative estimate of drug-likeness (QED) is 0.439. The molecule has 1 N–H and O–H groups in total. The van der Waals surface area contributed by atoms with Crippen LogP contribution in [-0.4, -0.2) is 30.2 Å². The molecule has 0 radical (unpaired) electrons. The fourth-order valence-electron chi connectivity index (χ4n) is 2.67. The Balaban J connectivity index is 1.73. The molecule has 2 aromatic carbocycles. The van der Waals surface area contributed by atoms with Crippen LogP contribution >= 0.6 is 0 Å². The zero-order valence-corrected chi connectivity index (χ0v) is 15.3. The van der Waals surface area contributed by atoms with Gasteiger partial charge >= 0.3 is 5.97 Å². The normalized spacial score (nSPS) is 10.9. The first-order valence-corrected chi connectivity index (χ1v) is 8.38. The van der Waals surface area contributed by atoms with Crippen LogP contribution in [0.2, 0.25) is 0 Å². The van der Waals surface area contributed by atoms with E-state index in [1.165, 1.54) is 13.3 Å². The van der Waals surface area contributed by atoms with E-state index in [0.717, 1.165) is 22.0 Å². The lowest BCUT2D eigenvalue weighted by molar-refractivity contribution is 0.0600. The summed E-state index contributed by atoms with van der Waals surface area (Å²) in [6.07, 6.45) is 1.51. The second kappa shape index (κ2) is 7.78. The van der Waals surface area contributed by atoms with Gasteiger partial charge in [-0.1, -0.05) is 23.8 Å². The number of ether oxygens (including phenoxy) is 1. The van der Waals surface area contributed by atoms with Crippen molar-refractivity contribution in [1.82, 2.24) is 10.4 Å². The van der Waals surface area contributed by atoms with Gasteiger partial charge in [0, 0.05) is 5.39 Å². The Kier molecular flexibility index (Phi) is 5.26. The molecule has 0 aliphatic heterocycles. The van der Waals surface area contributed by atoms with E-state index in [0.29, 0.717) is 16.8 Å². The Morgan fingerprint density at radius 3 is 2.52 bits per heavy atom. The Morgan fingerprint density at radius 2 is 1.81 bits per heavy atom. The molecule has 0 saturated carbocycles. The van der Waals surface area contributed by atoms with Crippen molar-refractivity contribution in [3.63, 3.8) is 0 Å². The molecule has 1 amide bonds. The molecule has 0 fully saturated rings. The summed E-state index contributed by atoms with van der Waals surface area (Å²) in [4.78, 5) is 28.3. The first kappa shape index (κ1) is 18.3. The molecule has 3 rings (SSSR count). The molecule has 0 unspecified atom stereocenters. The van der Waals surface area contributed by atoms with E-state index in [9.17, 15) is 9.59 Å². The van der Waals surface area contributed by atoms with Crippen molar-refractivity contribution in [3.05, 3.63) is 76.5 Å². The van der Waals surface area contributed by atoms with E-state index >= 15 is 0 Å². The van der Waals surface area contributed by atoms with E-state index in [1.807, 2.05) is 31.2 Å². The maximum Gasteiger partial charge on any atom is 0.337 e. The maximum atomic E-state index is 12.4. The van der Waals surface area contributed by atoms with Crippen LogP contribution in [-0.2, 0) is 4.74 Å². The van der Waals surface area contributed by atoms with Crippen molar-refractivity contribution >= 4 is 29.0 Å². The first-order chi connectivity index (χ1) is 13.0. The average molecular weight is 361 g/mol. The minimum atomic E-state index is -0.402. The van der Waals surface area contributed by atoms with Gasteiger partial charge < -0.3 is 4.74 Å². The lowest BCUT2D eigenvalue weighted by atomic mass is 10.1. The number of aryl methyl sites for hydroxylation is 2. The van der Waals surface area contributed by atoms with Gasteiger partial charge in [0.15, 0.2) is 0 Å². The minimum Gasteiger partial charge on any atom is -0.465 e. The number of hydrazone groups is 1. The molecular weight excluding hydrogens is 342 g/mol. The number of nitrogens with zero attached hydrogens (tertiary/aromatic N) is 2. The summed E-state index contributed by atoms with van der Waals surface area (Å²) in [5, 5.41) is 4.89. The van der Waals surface area contributed by atoms with Crippen molar-refractivity contribution in [2.75, 3.05) is 7.11 Å². The summed E-state index contributed by atoms with van der Waals surface area (Å²) < 4.78 is 4.65. The number of benzene rings is 2. The van der Waals surface area contributed by atoms with Crippen LogP contribution in [0.25, 0.3) is 10.9 Å². The number of hydrogen-bond donors (Lipinski definition) is 1. The van der Waals surface area contributed by atoms with Crippen LogP contribution in [0.1, 0.15) is 37.5 Å². The Bertz CT molecular complexity index is 1040. The third kappa shape index (κ3) is 4.17. The number of fused-ring (bicyclic) bond motifs is 1. The number of aromatic nitrogens is 1. The number of methoxy groups -OCH3 is 1. The van der Waals surface area contributed by atoms with Gasteiger partial charge in [-0.05, 0) is 49.7 Å². The highest BCUT2D eigenvalue weighted by Gasteiger charge is 2.11. The van der Waals surface area contributed by atoms with Gasteiger partial charge in [0.25, 0.3) is 5.91 Å². The summed E-state index contributed by atoms with van der Waals surface area (Å²) in [6, 6.07) is 14.4. The van der Waals surface area contributed by atoms with Crippen LogP contribution < -0.4 is 5.43 Å². The highest BCUT2D eigenvalue weighted by molar-refractivity contribution is 5.99. The molecular formula is C21H19N3O3. The standard InChI is InChI=1S/C21H19N3O3/c1-13-4-9-19-17(10-13)11-18(14(2)23-19)20(25)24-22-12-15-5-7-16(8-6-15)21(26)27-3/h4-12H,1-3H3,(H,24,25)/b22-12+. The summed E-state index contributed by atoms with van der Waals surface area (Å²) in [7, 11) is 1.33. The molecule has 1 heterocycles. The fraction of sp³-hybridized carbons (Fsp3) is 0.143. The average Bonchev–Trinajstić information content (AvgIpc) is 2.67. The molecule has 27 heavy (non-hydrogen) atoms. The SMILES string of the molecule is COC(=O)c1ccc(/C=N/NC(=O)c2cc3cc(C)ccc3nc2C)cc1. The number of rotatable bonds is 4. The van der Waals surface area contributed by atoms with Crippen LogP contribution in [0.5, 0.6) is 0 Å². The maximum absolute atomic E-state index is 12.4. The van der Waals surface area contributed by atoms with Gasteiger partial charge in [0.1, 0.15) is 0 Å². The van der Waals surface area contributed by atoms with E-state index in [4.69, 9.17) is 0 Å². The van der Waals surface area contributed by atoms with Crippen LogP contribution in [0.3, 0.4) is 0 Å². The number of hydrogen-bond acceptors (Lipinski definition) is 5. The summed E-state index contributed by atoms with van der Waals surface area (Å²) in [5.74, 6) is -0.729. The Labute approximate surface area is 156 Å². The predicted octanol–water partition coefficient (Wildman–Crippen LogP) is 3.40. The van der Waals surface area contributed by atoms with Crippen LogP contribution in [0.4, 0.5) is 0 Å². The molecule has 6 nitrogen and oxygen atoms in total. The molecule has 0 atom stereocenters. The van der Waals surface area contributed by atoms with E-state index in [2.05, 4.69) is 20.2 Å². The molecule has 0 bridgehead atoms. The Hall–Kier alpha value is -3.54. The second-order valence-electron chi connectivity index (χ2n) is 6.13. The molecule has 0 spiro atoms. The molecule has 0 aliphatic carbocycles. The number of carbonyl (C=O) groups excluding carboxylic acids is 2. The van der Waals surface area contributed by atoms with Crippen molar-refractivity contribution in [1.29, 1.82) is 0 Å². The van der Waals surface area contributed by atoms with Crippen molar-refractivity contribution < 1.29 is 14.3 Å². The number of pyridine rings is 1. The lowest BCUT2D eigenvalue weighted by Crippen LogP contribution is -2.19. The molecule has 3 aromatic rings. The third-order valence-electron chi connectivity index (χ3n) is 4.12. The minimum absolute atomic E-state index is 0.328. The van der Waals surface area contributed by atoms with E-state index in [-0.39, 0.29) is 5.91 Å². The molecule has 6 heteroatoms. The predicted molar refractivity (Wildman–Crippen MR) is 104 cm³/mol. The highest BCUT2D eigenvalue weighted by Crippen LogP contribution is 2.18. The second-order valence-corrected chi connectivity index (χ2v) is 6.13. The van der Waals surface area contributed by atoms with Crippen molar-refractivity contribution in [2.24, 2.45) is 5.10 Å². The molecule has 0 aliphatic rings. The summed E-state index contributed by atoms with van der Waals surface area (Å²) >= 11 is 0. The third-order valence-corrected chi connectivity index (χ3v) is 4.12. The number of nitrogens with one attached hydrogen (secondary N) is 1. The molecule has 136 valence electrons. The van der Waals surface area contributed by atoms with Crippen LogP contribution in [0, 0.1) is 13.8 Å². The summed E-state index contributed by atoms with van der Waals surface area (Å²) in [6.45, 7) is 3.79. The van der Waals surface area contributed by atoms with E-state index < -0.39 is 5.97 Å². The zero-order valence-electron chi connectivity index (χ0n) is 15.3. The van der Waals surface area contributed by atoms with Gasteiger partial charge in [-0.3, -0.25) is 9.78 Å². The van der Waals surface area contributed by atoms with Gasteiger partial charge in [-0.2, -0.15) is 5.10 Å². The smallest absolute Gasteiger partial charge is 0.337 e. The monoisotopic (exact) mass is 361 g/mol. The van der Waals surface area contributed by atoms with Crippen LogP contribution in [0.15, 0.2) is 53.6 Å². The van der Waals surface area contributed by atoms with E-state index in [1.54, 1.807) is 31.2 Å². The number of esters is 1. The zero-order chi connectivity index (χ0) is 19.4. The summed E-state index contributed by atoms with van der Waals surface area (Å²) in [5.41, 5.74) is 6.78. The van der Waals surface area contributed by atoms with Crippen molar-refractivity contribution in [3.8, 4) is 0 Å². The fourth-order valence-corrected chi connectivity index (χ4v) is 2.67. The number of carbonyl (C=O) groups is 2. The lowest BCUT2D eigenvalue weighted by Gasteiger charge is -2.07. The largest absolute Gasteiger partial charge is 0.465 e. The first-order valence-electron chi connectivity index (χ1n) is 8.38. The van der Waals surface area contributed by atoms with Gasteiger partial charge in [-0.15, -0.1) is 0 Å². The number of amides is 1. The Morgan fingerprint density at radius 1 is 1.07 bits per heavy atom. The molecule has 0 saturated heterocycles. The van der Waals surface area contributed by atoms with Gasteiger partial charge in [0.2, 0.25) is 0 Å². The highest BCUT2D eigenvalue weighted by atomic mass is 16.5. The topological polar surface area (TPSA) is 80.6 Å².